The molecule has 5 rings (SSSR count). The van der Waals surface area contributed by atoms with E-state index in [2.05, 4.69) is 20.3 Å². The van der Waals surface area contributed by atoms with Crippen molar-refractivity contribution in [3.63, 3.8) is 0 Å². The monoisotopic (exact) mass is 468 g/mol. The van der Waals surface area contributed by atoms with Gasteiger partial charge in [-0.2, -0.15) is 20.0 Å². The first-order chi connectivity index (χ1) is 15.4. The third-order valence-electron chi connectivity index (χ3n) is 5.66. The molecule has 0 saturated carbocycles. The number of benzene rings is 2. The van der Waals surface area contributed by atoms with Crippen molar-refractivity contribution in [1.29, 1.82) is 0 Å². The molecule has 2 aromatic carbocycles. The summed E-state index contributed by atoms with van der Waals surface area (Å²) in [6.45, 7) is 4.34. The van der Waals surface area contributed by atoms with Crippen molar-refractivity contribution < 1.29 is 9.32 Å². The summed E-state index contributed by atoms with van der Waals surface area (Å²) in [6.07, 6.45) is 3.85. The normalized spacial score (nSPS) is 15.6. The van der Waals surface area contributed by atoms with Crippen LogP contribution in [0.3, 0.4) is 0 Å². The molecule has 0 aliphatic carbocycles. The SMILES string of the molecule is Cc1cc(-n2nccn2)c(C(=O)N2CC[C@H]2c2noc(-c3cccc(Cl)c3C)n2)cc1Cl. The molecule has 1 saturated heterocycles. The van der Waals surface area contributed by atoms with Crippen molar-refractivity contribution in [2.24, 2.45) is 0 Å². The van der Waals surface area contributed by atoms with Crippen LogP contribution in [0.1, 0.15) is 39.8 Å². The van der Waals surface area contributed by atoms with Crippen molar-refractivity contribution in [3.8, 4) is 17.1 Å². The topological polar surface area (TPSA) is 89.9 Å². The highest BCUT2D eigenvalue weighted by Gasteiger charge is 2.38. The predicted molar refractivity (Wildman–Crippen MR) is 119 cm³/mol. The second-order valence-electron chi connectivity index (χ2n) is 7.61. The third kappa shape index (κ3) is 3.45. The van der Waals surface area contributed by atoms with Gasteiger partial charge in [0.05, 0.1) is 29.7 Å². The molecule has 0 N–H and O–H groups in total. The maximum atomic E-state index is 13.5. The van der Waals surface area contributed by atoms with Gasteiger partial charge in [0.2, 0.25) is 0 Å². The van der Waals surface area contributed by atoms with Gasteiger partial charge in [0.15, 0.2) is 5.82 Å². The standard InChI is InChI=1S/C22H18Cl2N6O2/c1-12-10-19(30-25-7-8-26-30)15(11-17(12)24)22(31)29-9-6-18(29)20-27-21(32-28-20)14-4-3-5-16(23)13(14)2/h3-5,7-8,10-11,18H,6,9H2,1-2H3/t18-/m0/s1. The van der Waals surface area contributed by atoms with Crippen molar-refractivity contribution in [2.75, 3.05) is 6.54 Å². The quantitative estimate of drug-likeness (QED) is 0.426. The van der Waals surface area contributed by atoms with Crippen molar-refractivity contribution >= 4 is 29.1 Å². The predicted octanol–water partition coefficient (Wildman–Crippen LogP) is 4.83. The zero-order valence-corrected chi connectivity index (χ0v) is 18.8. The van der Waals surface area contributed by atoms with Crippen LogP contribution in [0.4, 0.5) is 0 Å². The van der Waals surface area contributed by atoms with E-state index in [0.717, 1.165) is 23.1 Å². The Hall–Kier alpha value is -3.23. The number of aromatic nitrogens is 5. The second-order valence-corrected chi connectivity index (χ2v) is 8.42. The molecule has 0 unspecified atom stereocenters. The first-order valence-electron chi connectivity index (χ1n) is 10.0. The summed E-state index contributed by atoms with van der Waals surface area (Å²) in [5.41, 5.74) is 3.43. The molecule has 1 fully saturated rings. The number of halogens is 2. The van der Waals surface area contributed by atoms with Gasteiger partial charge in [-0.3, -0.25) is 4.79 Å². The van der Waals surface area contributed by atoms with Crippen LogP contribution in [0.2, 0.25) is 10.0 Å². The van der Waals surface area contributed by atoms with Gasteiger partial charge in [0.1, 0.15) is 0 Å². The number of aryl methyl sites for hydroxylation is 1. The minimum Gasteiger partial charge on any atom is -0.334 e. The Morgan fingerprint density at radius 3 is 2.62 bits per heavy atom. The van der Waals surface area contributed by atoms with Crippen molar-refractivity contribution in [2.45, 2.75) is 26.3 Å². The van der Waals surface area contributed by atoms with Crippen LogP contribution in [0.15, 0.2) is 47.2 Å². The number of nitrogens with zero attached hydrogens (tertiary/aromatic N) is 6. The summed E-state index contributed by atoms with van der Waals surface area (Å²) in [6, 6.07) is 8.68. The van der Waals surface area contributed by atoms with Crippen LogP contribution >= 0.6 is 23.2 Å². The minimum absolute atomic E-state index is 0.194. The average Bonchev–Trinajstić information content (AvgIpc) is 3.43. The molecule has 1 amide bonds. The summed E-state index contributed by atoms with van der Waals surface area (Å²) in [5.74, 6) is 0.635. The fourth-order valence-electron chi connectivity index (χ4n) is 3.72. The largest absolute Gasteiger partial charge is 0.334 e. The lowest BCUT2D eigenvalue weighted by atomic mass is 9.99. The van der Waals surface area contributed by atoms with E-state index in [0.29, 0.717) is 39.6 Å². The molecular formula is C22H18Cl2N6O2. The highest BCUT2D eigenvalue weighted by molar-refractivity contribution is 6.32. The molecule has 1 aliphatic rings. The first kappa shape index (κ1) is 20.7. The van der Waals surface area contributed by atoms with Crippen LogP contribution in [0.5, 0.6) is 0 Å². The summed E-state index contributed by atoms with van der Waals surface area (Å²) in [5, 5.41) is 13.6. The Labute approximate surface area is 193 Å². The van der Waals surface area contributed by atoms with E-state index < -0.39 is 0 Å². The van der Waals surface area contributed by atoms with E-state index in [1.807, 2.05) is 32.0 Å². The zero-order chi connectivity index (χ0) is 22.4. The summed E-state index contributed by atoms with van der Waals surface area (Å²) >= 11 is 12.6. The number of rotatable bonds is 4. The number of hydrogen-bond donors (Lipinski definition) is 0. The van der Waals surface area contributed by atoms with Crippen LogP contribution in [0.25, 0.3) is 17.1 Å². The molecular weight excluding hydrogens is 451 g/mol. The van der Waals surface area contributed by atoms with Gasteiger partial charge in [0.25, 0.3) is 11.8 Å². The Kier molecular flexibility index (Phi) is 5.19. The minimum atomic E-state index is -0.294. The Morgan fingerprint density at radius 2 is 1.91 bits per heavy atom. The van der Waals surface area contributed by atoms with Crippen LogP contribution in [-0.2, 0) is 0 Å². The van der Waals surface area contributed by atoms with Gasteiger partial charge in [0, 0.05) is 22.2 Å². The van der Waals surface area contributed by atoms with Gasteiger partial charge in [-0.05, 0) is 55.7 Å². The van der Waals surface area contributed by atoms with Gasteiger partial charge < -0.3 is 9.42 Å². The molecule has 4 aromatic rings. The molecule has 3 heterocycles. The number of likely N-dealkylation sites (tertiary alicyclic amines) is 1. The average molecular weight is 469 g/mol. The highest BCUT2D eigenvalue weighted by Crippen LogP contribution is 2.36. The Balaban J connectivity index is 1.46. The number of carbonyl (C=O) groups excluding carboxylic acids is 1. The van der Waals surface area contributed by atoms with E-state index in [4.69, 9.17) is 27.7 Å². The lowest BCUT2D eigenvalue weighted by Gasteiger charge is -2.39. The van der Waals surface area contributed by atoms with Gasteiger partial charge in [-0.25, -0.2) is 0 Å². The lowest BCUT2D eigenvalue weighted by molar-refractivity contribution is 0.0435. The van der Waals surface area contributed by atoms with Crippen LogP contribution in [0, 0.1) is 13.8 Å². The maximum Gasteiger partial charge on any atom is 0.258 e. The van der Waals surface area contributed by atoms with Crippen molar-refractivity contribution in [1.82, 2.24) is 30.0 Å². The summed E-state index contributed by atoms with van der Waals surface area (Å²) in [4.78, 5) is 21.1. The molecule has 2 aromatic heterocycles. The summed E-state index contributed by atoms with van der Waals surface area (Å²) in [7, 11) is 0. The van der Waals surface area contributed by atoms with Gasteiger partial charge >= 0.3 is 0 Å². The third-order valence-corrected chi connectivity index (χ3v) is 6.48. The van der Waals surface area contributed by atoms with E-state index in [-0.39, 0.29) is 11.9 Å². The van der Waals surface area contributed by atoms with E-state index in [9.17, 15) is 4.79 Å². The molecule has 10 heteroatoms. The maximum absolute atomic E-state index is 13.5. The molecule has 0 bridgehead atoms. The molecule has 162 valence electrons. The van der Waals surface area contributed by atoms with E-state index in [1.165, 1.54) is 4.80 Å². The smallest absolute Gasteiger partial charge is 0.258 e. The van der Waals surface area contributed by atoms with Gasteiger partial charge in [-0.15, -0.1) is 0 Å². The first-order valence-corrected chi connectivity index (χ1v) is 10.8. The van der Waals surface area contributed by atoms with E-state index in [1.54, 1.807) is 29.4 Å². The molecule has 0 spiro atoms. The molecule has 0 radical (unpaired) electrons. The molecule has 1 atom stereocenters. The lowest BCUT2D eigenvalue weighted by Crippen LogP contribution is -2.46. The number of carbonyl (C=O) groups is 1. The zero-order valence-electron chi connectivity index (χ0n) is 17.3. The Bertz CT molecular complexity index is 1320. The second kappa shape index (κ2) is 8.03. The van der Waals surface area contributed by atoms with Crippen molar-refractivity contribution in [3.05, 3.63) is 75.3 Å². The van der Waals surface area contributed by atoms with Crippen LogP contribution < -0.4 is 0 Å². The fourth-order valence-corrected chi connectivity index (χ4v) is 4.05. The molecule has 32 heavy (non-hydrogen) atoms. The fraction of sp³-hybridized carbons (Fsp3) is 0.227. The number of hydrogen-bond acceptors (Lipinski definition) is 6. The molecule has 1 aliphatic heterocycles. The molecule has 8 nitrogen and oxygen atoms in total. The summed E-state index contributed by atoms with van der Waals surface area (Å²) < 4.78 is 5.49. The van der Waals surface area contributed by atoms with Crippen LogP contribution in [-0.4, -0.2) is 42.5 Å². The Morgan fingerprint density at radius 1 is 1.12 bits per heavy atom. The highest BCUT2D eigenvalue weighted by atomic mass is 35.5. The number of amides is 1. The van der Waals surface area contributed by atoms with E-state index >= 15 is 0 Å². The van der Waals surface area contributed by atoms with Gasteiger partial charge in [-0.1, -0.05) is 34.4 Å².